The Hall–Kier alpha value is -0.370. The largest absolute Gasteiger partial charge is 0.298 e. The fourth-order valence-electron chi connectivity index (χ4n) is 2.11. The first kappa shape index (κ1) is 10.7. The summed E-state index contributed by atoms with van der Waals surface area (Å²) < 4.78 is 0. The highest BCUT2D eigenvalue weighted by molar-refractivity contribution is 5.80. The van der Waals surface area contributed by atoms with Gasteiger partial charge >= 0.3 is 0 Å². The average Bonchev–Trinajstić information content (AvgIpc) is 2.28. The van der Waals surface area contributed by atoms with E-state index >= 15 is 0 Å². The van der Waals surface area contributed by atoms with Gasteiger partial charge in [-0.2, -0.15) is 0 Å². The molecule has 1 saturated heterocycles. The summed E-state index contributed by atoms with van der Waals surface area (Å²) in [5.74, 6) is 0.300. The van der Waals surface area contributed by atoms with E-state index in [-0.39, 0.29) is 6.04 Å². The molecule has 1 aliphatic heterocycles. The van der Waals surface area contributed by atoms with E-state index in [1.165, 1.54) is 25.7 Å². The second kappa shape index (κ2) is 4.75. The number of hydrogen-bond donors (Lipinski definition) is 0. The predicted octanol–water partition coefficient (Wildman–Crippen LogP) is 2.23. The summed E-state index contributed by atoms with van der Waals surface area (Å²) in [6.45, 7) is 7.07. The number of likely N-dealkylation sites (tertiary alicyclic amines) is 1. The van der Waals surface area contributed by atoms with Gasteiger partial charge in [-0.05, 0) is 40.2 Å². The van der Waals surface area contributed by atoms with E-state index in [1.54, 1.807) is 6.92 Å². The zero-order valence-electron chi connectivity index (χ0n) is 9.05. The summed E-state index contributed by atoms with van der Waals surface area (Å²) in [7, 11) is 0. The Kier molecular flexibility index (Phi) is 3.91. The topological polar surface area (TPSA) is 20.3 Å². The second-order valence-electron chi connectivity index (χ2n) is 4.22. The van der Waals surface area contributed by atoms with Crippen molar-refractivity contribution in [3.8, 4) is 0 Å². The molecule has 0 aromatic rings. The van der Waals surface area contributed by atoms with Gasteiger partial charge in [0.15, 0.2) is 0 Å². The molecule has 0 N–H and O–H groups in total. The highest BCUT2D eigenvalue weighted by Crippen LogP contribution is 2.18. The van der Waals surface area contributed by atoms with E-state index in [1.807, 2.05) is 6.92 Å². The zero-order valence-corrected chi connectivity index (χ0v) is 9.05. The molecule has 1 heterocycles. The van der Waals surface area contributed by atoms with Crippen LogP contribution in [0.1, 0.15) is 46.5 Å². The van der Waals surface area contributed by atoms with E-state index in [2.05, 4.69) is 11.8 Å². The van der Waals surface area contributed by atoms with Gasteiger partial charge in [-0.3, -0.25) is 9.69 Å². The Balaban J connectivity index is 2.58. The number of hydrogen-bond acceptors (Lipinski definition) is 2. The van der Waals surface area contributed by atoms with Crippen LogP contribution in [0.4, 0.5) is 0 Å². The summed E-state index contributed by atoms with van der Waals surface area (Å²) in [5.41, 5.74) is 0. The van der Waals surface area contributed by atoms with Gasteiger partial charge in [0, 0.05) is 6.04 Å². The number of Topliss-reactive ketones (excluding diaryl/α,β-unsaturated/α-hetero) is 1. The van der Waals surface area contributed by atoms with Gasteiger partial charge in [-0.1, -0.05) is 12.8 Å². The van der Waals surface area contributed by atoms with E-state index in [0.29, 0.717) is 11.8 Å². The van der Waals surface area contributed by atoms with E-state index in [9.17, 15) is 4.79 Å². The van der Waals surface area contributed by atoms with E-state index < -0.39 is 0 Å². The monoisotopic (exact) mass is 183 g/mol. The van der Waals surface area contributed by atoms with Crippen molar-refractivity contribution in [2.45, 2.75) is 58.5 Å². The third kappa shape index (κ3) is 2.80. The average molecular weight is 183 g/mol. The molecule has 2 unspecified atom stereocenters. The van der Waals surface area contributed by atoms with Crippen molar-refractivity contribution in [1.82, 2.24) is 4.90 Å². The Morgan fingerprint density at radius 1 is 1.38 bits per heavy atom. The highest BCUT2D eigenvalue weighted by atomic mass is 16.1. The zero-order chi connectivity index (χ0) is 9.84. The molecule has 0 aromatic heterocycles. The summed E-state index contributed by atoms with van der Waals surface area (Å²) in [4.78, 5) is 13.6. The highest BCUT2D eigenvalue weighted by Gasteiger charge is 2.23. The minimum atomic E-state index is 0.119. The van der Waals surface area contributed by atoms with Gasteiger partial charge < -0.3 is 0 Å². The first-order valence-electron chi connectivity index (χ1n) is 5.39. The quantitative estimate of drug-likeness (QED) is 0.654. The van der Waals surface area contributed by atoms with Gasteiger partial charge in [-0.15, -0.1) is 0 Å². The fraction of sp³-hybridized carbons (Fsp3) is 0.909. The molecule has 0 aromatic carbocycles. The molecule has 76 valence electrons. The van der Waals surface area contributed by atoms with Gasteiger partial charge in [0.25, 0.3) is 0 Å². The molecular weight excluding hydrogens is 162 g/mol. The molecule has 2 heteroatoms. The van der Waals surface area contributed by atoms with E-state index in [0.717, 1.165) is 6.54 Å². The van der Waals surface area contributed by atoms with E-state index in [4.69, 9.17) is 0 Å². The molecule has 13 heavy (non-hydrogen) atoms. The standard InChI is InChI=1S/C11H21NO/c1-9-7-5-4-6-8-12(9)10(2)11(3)13/h9-10H,4-8H2,1-3H3. The number of ketones is 1. The lowest BCUT2D eigenvalue weighted by atomic mass is 10.1. The molecule has 2 atom stereocenters. The van der Waals surface area contributed by atoms with Crippen LogP contribution in [0.25, 0.3) is 0 Å². The molecule has 0 aliphatic carbocycles. The third-order valence-electron chi connectivity index (χ3n) is 3.19. The number of carbonyl (C=O) groups is 1. The lowest BCUT2D eigenvalue weighted by Gasteiger charge is -2.31. The molecule has 0 radical (unpaired) electrons. The van der Waals surface area contributed by atoms with Gasteiger partial charge in [0.1, 0.15) is 5.78 Å². The van der Waals surface area contributed by atoms with Crippen molar-refractivity contribution < 1.29 is 4.79 Å². The lowest BCUT2D eigenvalue weighted by Crippen LogP contribution is -2.43. The number of rotatable bonds is 2. The first-order valence-corrected chi connectivity index (χ1v) is 5.39. The van der Waals surface area contributed by atoms with Crippen molar-refractivity contribution in [2.75, 3.05) is 6.54 Å². The third-order valence-corrected chi connectivity index (χ3v) is 3.19. The number of nitrogens with zero attached hydrogens (tertiary/aromatic N) is 1. The lowest BCUT2D eigenvalue weighted by molar-refractivity contribution is -0.122. The van der Waals surface area contributed by atoms with Crippen LogP contribution in [-0.4, -0.2) is 29.3 Å². The maximum absolute atomic E-state index is 11.3. The maximum Gasteiger partial charge on any atom is 0.146 e. The predicted molar refractivity (Wildman–Crippen MR) is 54.8 cm³/mol. The van der Waals surface area contributed by atoms with Crippen LogP contribution in [0, 0.1) is 0 Å². The van der Waals surface area contributed by atoms with Crippen LogP contribution >= 0.6 is 0 Å². The fourth-order valence-corrected chi connectivity index (χ4v) is 2.11. The van der Waals surface area contributed by atoms with Crippen LogP contribution in [0.3, 0.4) is 0 Å². The molecule has 1 aliphatic rings. The van der Waals surface area contributed by atoms with Crippen LogP contribution < -0.4 is 0 Å². The van der Waals surface area contributed by atoms with Crippen LogP contribution in [0.2, 0.25) is 0 Å². The first-order chi connectivity index (χ1) is 6.13. The van der Waals surface area contributed by atoms with Gasteiger partial charge in [0.2, 0.25) is 0 Å². The molecule has 0 amide bonds. The van der Waals surface area contributed by atoms with Crippen molar-refractivity contribution in [3.63, 3.8) is 0 Å². The maximum atomic E-state index is 11.3. The van der Waals surface area contributed by atoms with Crippen LogP contribution in [0.15, 0.2) is 0 Å². The molecule has 1 rings (SSSR count). The Labute approximate surface area is 81.3 Å². The second-order valence-corrected chi connectivity index (χ2v) is 4.22. The Morgan fingerprint density at radius 3 is 2.69 bits per heavy atom. The minimum absolute atomic E-state index is 0.119. The molecule has 1 fully saturated rings. The van der Waals surface area contributed by atoms with Crippen molar-refractivity contribution in [2.24, 2.45) is 0 Å². The van der Waals surface area contributed by atoms with Crippen molar-refractivity contribution >= 4 is 5.78 Å². The summed E-state index contributed by atoms with van der Waals surface area (Å²) in [5, 5.41) is 0. The van der Waals surface area contributed by atoms with Crippen LogP contribution in [0.5, 0.6) is 0 Å². The molecule has 0 saturated carbocycles. The summed E-state index contributed by atoms with van der Waals surface area (Å²) in [6.07, 6.45) is 5.15. The van der Waals surface area contributed by atoms with Gasteiger partial charge in [0.05, 0.1) is 6.04 Å². The molecule has 0 spiro atoms. The SMILES string of the molecule is CC(=O)C(C)N1CCCCCC1C. The molecule has 2 nitrogen and oxygen atoms in total. The Bertz CT molecular complexity index is 179. The summed E-state index contributed by atoms with van der Waals surface area (Å²) >= 11 is 0. The van der Waals surface area contributed by atoms with Crippen LogP contribution in [-0.2, 0) is 4.79 Å². The minimum Gasteiger partial charge on any atom is -0.298 e. The number of carbonyl (C=O) groups excluding carboxylic acids is 1. The normalized spacial score (nSPS) is 28.1. The molecule has 0 bridgehead atoms. The summed E-state index contributed by atoms with van der Waals surface area (Å²) in [6, 6.07) is 0.703. The van der Waals surface area contributed by atoms with Gasteiger partial charge in [-0.25, -0.2) is 0 Å². The Morgan fingerprint density at radius 2 is 2.08 bits per heavy atom. The van der Waals surface area contributed by atoms with Crippen molar-refractivity contribution in [1.29, 1.82) is 0 Å². The smallest absolute Gasteiger partial charge is 0.146 e. The molecular formula is C11H21NO. The van der Waals surface area contributed by atoms with Crippen molar-refractivity contribution in [3.05, 3.63) is 0 Å².